The molecule has 0 aliphatic heterocycles. The van der Waals surface area contributed by atoms with Gasteiger partial charge in [0, 0.05) is 12.7 Å². The Morgan fingerprint density at radius 3 is 2.79 bits per heavy atom. The summed E-state index contributed by atoms with van der Waals surface area (Å²) in [5, 5.41) is 2.74. The van der Waals surface area contributed by atoms with Gasteiger partial charge in [-0.3, -0.25) is 4.79 Å². The van der Waals surface area contributed by atoms with Crippen molar-refractivity contribution in [1.29, 1.82) is 0 Å². The molecule has 1 rings (SSSR count). The van der Waals surface area contributed by atoms with Gasteiger partial charge in [0.05, 0.1) is 18.5 Å². The number of carbonyl (C=O) groups is 1. The van der Waals surface area contributed by atoms with Crippen molar-refractivity contribution in [2.45, 2.75) is 32.8 Å². The van der Waals surface area contributed by atoms with Gasteiger partial charge in [0.25, 0.3) is 5.91 Å². The molecule has 1 amide bonds. The number of ether oxygens (including phenoxy) is 2. The molecule has 1 unspecified atom stereocenters. The van der Waals surface area contributed by atoms with Crippen LogP contribution in [0.25, 0.3) is 0 Å². The summed E-state index contributed by atoms with van der Waals surface area (Å²) < 4.78 is 10.5. The maximum Gasteiger partial charge on any atom is 0.253 e. The van der Waals surface area contributed by atoms with Crippen LogP contribution < -0.4 is 15.8 Å². The normalized spacial score (nSPS) is 11.9. The number of rotatable bonds is 7. The van der Waals surface area contributed by atoms with E-state index in [2.05, 4.69) is 12.2 Å². The SMILES string of the molecule is CCCCOC(C)C(=O)Nc1ccc(OC)cc1N. The van der Waals surface area contributed by atoms with Crippen LogP contribution in [0.2, 0.25) is 0 Å². The van der Waals surface area contributed by atoms with Crippen LogP contribution in [0.15, 0.2) is 18.2 Å². The van der Waals surface area contributed by atoms with Crippen molar-refractivity contribution in [3.05, 3.63) is 18.2 Å². The van der Waals surface area contributed by atoms with E-state index in [1.54, 1.807) is 32.2 Å². The molecule has 1 atom stereocenters. The summed E-state index contributed by atoms with van der Waals surface area (Å²) in [5.74, 6) is 0.454. The lowest BCUT2D eigenvalue weighted by Crippen LogP contribution is -2.28. The average Bonchev–Trinajstić information content (AvgIpc) is 2.41. The Balaban J connectivity index is 2.56. The number of carbonyl (C=O) groups excluding carboxylic acids is 1. The van der Waals surface area contributed by atoms with Crippen molar-refractivity contribution in [2.24, 2.45) is 0 Å². The number of amides is 1. The van der Waals surface area contributed by atoms with Crippen LogP contribution in [-0.2, 0) is 9.53 Å². The predicted octanol–water partition coefficient (Wildman–Crippen LogP) is 2.42. The van der Waals surface area contributed by atoms with E-state index < -0.39 is 6.10 Å². The van der Waals surface area contributed by atoms with Gasteiger partial charge in [-0.2, -0.15) is 0 Å². The standard InChI is InChI=1S/C14H22N2O3/c1-4-5-8-19-10(2)14(17)16-13-7-6-11(18-3)9-12(13)15/h6-7,9-10H,4-5,8,15H2,1-3H3,(H,16,17). The quantitative estimate of drug-likeness (QED) is 0.587. The minimum atomic E-state index is -0.493. The van der Waals surface area contributed by atoms with E-state index in [0.29, 0.717) is 23.7 Å². The Kier molecular flexibility index (Phi) is 6.15. The van der Waals surface area contributed by atoms with Gasteiger partial charge in [-0.15, -0.1) is 0 Å². The lowest BCUT2D eigenvalue weighted by molar-refractivity contribution is -0.126. The monoisotopic (exact) mass is 266 g/mol. The zero-order valence-corrected chi connectivity index (χ0v) is 11.7. The highest BCUT2D eigenvalue weighted by atomic mass is 16.5. The molecule has 106 valence electrons. The van der Waals surface area contributed by atoms with Crippen molar-refractivity contribution in [1.82, 2.24) is 0 Å². The number of methoxy groups -OCH3 is 1. The fourth-order valence-electron chi connectivity index (χ4n) is 1.50. The van der Waals surface area contributed by atoms with Crippen LogP contribution in [-0.4, -0.2) is 25.7 Å². The summed E-state index contributed by atoms with van der Waals surface area (Å²) in [6, 6.07) is 5.12. The van der Waals surface area contributed by atoms with E-state index in [-0.39, 0.29) is 5.91 Å². The number of nitrogen functional groups attached to an aromatic ring is 1. The molecular formula is C14H22N2O3. The summed E-state index contributed by atoms with van der Waals surface area (Å²) in [4.78, 5) is 11.9. The van der Waals surface area contributed by atoms with Gasteiger partial charge in [0.1, 0.15) is 11.9 Å². The number of anilines is 2. The van der Waals surface area contributed by atoms with Crippen molar-refractivity contribution in [3.63, 3.8) is 0 Å². The highest BCUT2D eigenvalue weighted by Crippen LogP contribution is 2.24. The van der Waals surface area contributed by atoms with E-state index in [9.17, 15) is 4.79 Å². The third-order valence-electron chi connectivity index (χ3n) is 2.75. The fraction of sp³-hybridized carbons (Fsp3) is 0.500. The van der Waals surface area contributed by atoms with Crippen LogP contribution in [0.3, 0.4) is 0 Å². The molecule has 3 N–H and O–H groups in total. The van der Waals surface area contributed by atoms with Gasteiger partial charge in [0.2, 0.25) is 0 Å². The van der Waals surface area contributed by atoms with E-state index >= 15 is 0 Å². The molecule has 0 aliphatic carbocycles. The first-order valence-electron chi connectivity index (χ1n) is 6.44. The number of nitrogens with two attached hydrogens (primary N) is 1. The Morgan fingerprint density at radius 2 is 2.21 bits per heavy atom. The summed E-state index contributed by atoms with van der Waals surface area (Å²) in [6.07, 6.45) is 1.50. The number of unbranched alkanes of at least 4 members (excludes halogenated alkanes) is 1. The third-order valence-corrected chi connectivity index (χ3v) is 2.75. The molecule has 19 heavy (non-hydrogen) atoms. The summed E-state index contributed by atoms with van der Waals surface area (Å²) in [7, 11) is 1.57. The van der Waals surface area contributed by atoms with E-state index in [0.717, 1.165) is 12.8 Å². The molecule has 5 heteroatoms. The highest BCUT2D eigenvalue weighted by molar-refractivity contribution is 5.96. The van der Waals surface area contributed by atoms with Crippen molar-refractivity contribution < 1.29 is 14.3 Å². The topological polar surface area (TPSA) is 73.6 Å². The Hall–Kier alpha value is -1.75. The molecule has 0 heterocycles. The van der Waals surface area contributed by atoms with Gasteiger partial charge in [0.15, 0.2) is 0 Å². The predicted molar refractivity (Wildman–Crippen MR) is 76.4 cm³/mol. The first kappa shape index (κ1) is 15.3. The molecule has 1 aromatic carbocycles. The fourth-order valence-corrected chi connectivity index (χ4v) is 1.50. The number of hydrogen-bond donors (Lipinski definition) is 2. The second-order valence-corrected chi connectivity index (χ2v) is 4.31. The van der Waals surface area contributed by atoms with Gasteiger partial charge in [-0.25, -0.2) is 0 Å². The number of benzene rings is 1. The highest BCUT2D eigenvalue weighted by Gasteiger charge is 2.14. The Labute approximate surface area is 114 Å². The van der Waals surface area contributed by atoms with E-state index in [1.165, 1.54) is 0 Å². The van der Waals surface area contributed by atoms with Crippen molar-refractivity contribution >= 4 is 17.3 Å². The van der Waals surface area contributed by atoms with Crippen LogP contribution in [0.1, 0.15) is 26.7 Å². The van der Waals surface area contributed by atoms with Crippen molar-refractivity contribution in [3.8, 4) is 5.75 Å². The lowest BCUT2D eigenvalue weighted by atomic mass is 10.2. The zero-order valence-electron chi connectivity index (χ0n) is 11.7. The molecule has 0 bridgehead atoms. The molecule has 0 radical (unpaired) electrons. The minimum Gasteiger partial charge on any atom is -0.497 e. The van der Waals surface area contributed by atoms with E-state index in [4.69, 9.17) is 15.2 Å². The lowest BCUT2D eigenvalue weighted by Gasteiger charge is -2.14. The Morgan fingerprint density at radius 1 is 1.47 bits per heavy atom. The van der Waals surface area contributed by atoms with Crippen LogP contribution in [0, 0.1) is 0 Å². The first-order chi connectivity index (χ1) is 9.08. The van der Waals surface area contributed by atoms with Crippen LogP contribution in [0.4, 0.5) is 11.4 Å². The zero-order chi connectivity index (χ0) is 14.3. The summed E-state index contributed by atoms with van der Waals surface area (Å²) in [5.41, 5.74) is 6.86. The van der Waals surface area contributed by atoms with Gasteiger partial charge >= 0.3 is 0 Å². The summed E-state index contributed by atoms with van der Waals surface area (Å²) in [6.45, 7) is 4.39. The van der Waals surface area contributed by atoms with E-state index in [1.807, 2.05) is 0 Å². The molecule has 5 nitrogen and oxygen atoms in total. The number of nitrogens with one attached hydrogen (secondary N) is 1. The molecule has 0 saturated carbocycles. The molecule has 0 aromatic heterocycles. The largest absolute Gasteiger partial charge is 0.497 e. The van der Waals surface area contributed by atoms with Crippen LogP contribution in [0.5, 0.6) is 5.75 Å². The van der Waals surface area contributed by atoms with Crippen molar-refractivity contribution in [2.75, 3.05) is 24.8 Å². The molecule has 1 aromatic rings. The maximum atomic E-state index is 11.9. The molecule has 0 saturated heterocycles. The smallest absolute Gasteiger partial charge is 0.253 e. The third kappa shape index (κ3) is 4.79. The molecule has 0 fully saturated rings. The van der Waals surface area contributed by atoms with Gasteiger partial charge in [-0.05, 0) is 25.5 Å². The molecular weight excluding hydrogens is 244 g/mol. The summed E-state index contributed by atoms with van der Waals surface area (Å²) >= 11 is 0. The van der Waals surface area contributed by atoms with Gasteiger partial charge < -0.3 is 20.5 Å². The second kappa shape index (κ2) is 7.63. The Bertz CT molecular complexity index is 421. The van der Waals surface area contributed by atoms with Gasteiger partial charge in [-0.1, -0.05) is 13.3 Å². The average molecular weight is 266 g/mol. The maximum absolute atomic E-state index is 11.9. The van der Waals surface area contributed by atoms with Crippen LogP contribution >= 0.6 is 0 Å². The number of hydrogen-bond acceptors (Lipinski definition) is 4. The second-order valence-electron chi connectivity index (χ2n) is 4.31. The first-order valence-corrected chi connectivity index (χ1v) is 6.44. The molecule has 0 spiro atoms. The molecule has 0 aliphatic rings. The minimum absolute atomic E-state index is 0.201.